The number of aromatic nitrogens is 3. The van der Waals surface area contributed by atoms with Crippen molar-refractivity contribution in [3.63, 3.8) is 0 Å². The lowest BCUT2D eigenvalue weighted by Crippen LogP contribution is -2.22. The zero-order valence-electron chi connectivity index (χ0n) is 11.9. The van der Waals surface area contributed by atoms with Crippen molar-refractivity contribution >= 4 is 11.0 Å². The predicted molar refractivity (Wildman–Crippen MR) is 82.7 cm³/mol. The lowest BCUT2D eigenvalue weighted by molar-refractivity contribution is 0.248. The van der Waals surface area contributed by atoms with E-state index >= 15 is 0 Å². The van der Waals surface area contributed by atoms with Crippen molar-refractivity contribution in [3.8, 4) is 0 Å². The summed E-state index contributed by atoms with van der Waals surface area (Å²) in [6, 6.07) is 9.01. The quantitative estimate of drug-likeness (QED) is 0.799. The molecule has 0 amide bonds. The van der Waals surface area contributed by atoms with E-state index in [0.29, 0.717) is 6.04 Å². The van der Waals surface area contributed by atoms with Crippen LogP contribution in [0.2, 0.25) is 0 Å². The molecule has 3 aromatic rings. The van der Waals surface area contributed by atoms with Gasteiger partial charge in [0.2, 0.25) is 0 Å². The standard InChI is InChI=1S/C17H18N4/c1-3-15(11-18-6-1)16-4-2-8-21(16)12-13-9-14-5-7-19-17(14)20-10-13/h1,3,5-7,9-11,16H,2,4,8,12H2,(H,19,20). The van der Waals surface area contributed by atoms with Gasteiger partial charge < -0.3 is 4.98 Å². The van der Waals surface area contributed by atoms with Gasteiger partial charge in [0.25, 0.3) is 0 Å². The highest BCUT2D eigenvalue weighted by Gasteiger charge is 2.26. The van der Waals surface area contributed by atoms with Crippen LogP contribution in [0.15, 0.2) is 49.1 Å². The Kier molecular flexibility index (Phi) is 3.16. The van der Waals surface area contributed by atoms with Crippen molar-refractivity contribution in [3.05, 3.63) is 60.2 Å². The minimum Gasteiger partial charge on any atom is -0.346 e. The van der Waals surface area contributed by atoms with Crippen molar-refractivity contribution in [1.82, 2.24) is 19.9 Å². The molecule has 1 aliphatic rings. The van der Waals surface area contributed by atoms with E-state index in [1.54, 1.807) is 0 Å². The Bertz CT molecular complexity index is 735. The molecule has 1 fully saturated rings. The summed E-state index contributed by atoms with van der Waals surface area (Å²) in [7, 11) is 0. The molecule has 106 valence electrons. The monoisotopic (exact) mass is 278 g/mol. The molecular formula is C17H18N4. The van der Waals surface area contributed by atoms with Gasteiger partial charge in [-0.15, -0.1) is 0 Å². The smallest absolute Gasteiger partial charge is 0.137 e. The van der Waals surface area contributed by atoms with Gasteiger partial charge in [-0.2, -0.15) is 0 Å². The molecule has 1 aliphatic heterocycles. The van der Waals surface area contributed by atoms with E-state index in [0.717, 1.165) is 18.7 Å². The lowest BCUT2D eigenvalue weighted by atomic mass is 10.1. The van der Waals surface area contributed by atoms with Crippen LogP contribution in [0.3, 0.4) is 0 Å². The second-order valence-corrected chi connectivity index (χ2v) is 5.67. The average molecular weight is 278 g/mol. The van der Waals surface area contributed by atoms with Gasteiger partial charge >= 0.3 is 0 Å². The highest BCUT2D eigenvalue weighted by Crippen LogP contribution is 2.32. The maximum Gasteiger partial charge on any atom is 0.137 e. The Morgan fingerprint density at radius 3 is 3.19 bits per heavy atom. The summed E-state index contributed by atoms with van der Waals surface area (Å²) in [6.45, 7) is 2.10. The first kappa shape index (κ1) is 12.5. The number of nitrogens with zero attached hydrogens (tertiary/aromatic N) is 3. The minimum absolute atomic E-state index is 0.487. The Hall–Kier alpha value is -2.20. The topological polar surface area (TPSA) is 44.8 Å². The van der Waals surface area contributed by atoms with Crippen LogP contribution >= 0.6 is 0 Å². The van der Waals surface area contributed by atoms with E-state index in [4.69, 9.17) is 0 Å². The largest absolute Gasteiger partial charge is 0.346 e. The van der Waals surface area contributed by atoms with Crippen LogP contribution < -0.4 is 0 Å². The van der Waals surface area contributed by atoms with E-state index in [1.807, 2.05) is 30.9 Å². The number of fused-ring (bicyclic) bond motifs is 1. The van der Waals surface area contributed by atoms with Crippen molar-refractivity contribution in [2.45, 2.75) is 25.4 Å². The lowest BCUT2D eigenvalue weighted by Gasteiger charge is -2.24. The maximum atomic E-state index is 4.49. The van der Waals surface area contributed by atoms with Crippen molar-refractivity contribution in [2.24, 2.45) is 0 Å². The third-order valence-electron chi connectivity index (χ3n) is 4.28. The summed E-state index contributed by atoms with van der Waals surface area (Å²) in [5, 5.41) is 1.18. The van der Waals surface area contributed by atoms with Gasteiger partial charge in [0.1, 0.15) is 5.65 Å². The number of nitrogens with one attached hydrogen (secondary N) is 1. The molecule has 3 aromatic heterocycles. The molecule has 0 aromatic carbocycles. The summed E-state index contributed by atoms with van der Waals surface area (Å²) in [6.07, 6.45) is 10.2. The molecular weight excluding hydrogens is 260 g/mol. The third kappa shape index (κ3) is 2.43. The van der Waals surface area contributed by atoms with Gasteiger partial charge in [0.05, 0.1) is 0 Å². The van der Waals surface area contributed by atoms with Gasteiger partial charge in [0, 0.05) is 42.8 Å². The van der Waals surface area contributed by atoms with Crippen LogP contribution in [0.25, 0.3) is 11.0 Å². The van der Waals surface area contributed by atoms with Crippen LogP contribution in [-0.2, 0) is 6.54 Å². The van der Waals surface area contributed by atoms with E-state index in [-0.39, 0.29) is 0 Å². The van der Waals surface area contributed by atoms with Crippen molar-refractivity contribution in [2.75, 3.05) is 6.54 Å². The van der Waals surface area contributed by atoms with E-state index in [1.165, 1.54) is 29.4 Å². The summed E-state index contributed by atoms with van der Waals surface area (Å²) in [5.74, 6) is 0. The maximum absolute atomic E-state index is 4.49. The van der Waals surface area contributed by atoms with Crippen LogP contribution in [0, 0.1) is 0 Å². The fourth-order valence-corrected chi connectivity index (χ4v) is 3.27. The molecule has 1 N–H and O–H groups in total. The Balaban J connectivity index is 1.57. The molecule has 0 radical (unpaired) electrons. The second kappa shape index (κ2) is 5.30. The fourth-order valence-electron chi connectivity index (χ4n) is 3.27. The van der Waals surface area contributed by atoms with E-state index < -0.39 is 0 Å². The minimum atomic E-state index is 0.487. The molecule has 4 heterocycles. The SMILES string of the molecule is c1cncc(C2CCCN2Cc2cnc3[nH]ccc3c2)c1. The number of H-pyrrole nitrogens is 1. The van der Waals surface area contributed by atoms with Crippen molar-refractivity contribution in [1.29, 1.82) is 0 Å². The normalized spacial score (nSPS) is 19.3. The summed E-state index contributed by atoms with van der Waals surface area (Å²) < 4.78 is 0. The Labute approximate surface area is 123 Å². The number of aromatic amines is 1. The summed E-state index contributed by atoms with van der Waals surface area (Å²) in [4.78, 5) is 14.4. The van der Waals surface area contributed by atoms with Crippen molar-refractivity contribution < 1.29 is 0 Å². The van der Waals surface area contributed by atoms with Gasteiger partial charge in [-0.05, 0) is 48.7 Å². The Morgan fingerprint density at radius 2 is 2.29 bits per heavy atom. The average Bonchev–Trinajstić information content (AvgIpc) is 3.16. The number of hydrogen-bond donors (Lipinski definition) is 1. The molecule has 4 nitrogen and oxygen atoms in total. The highest BCUT2D eigenvalue weighted by atomic mass is 15.2. The fraction of sp³-hybridized carbons (Fsp3) is 0.294. The number of rotatable bonds is 3. The molecule has 0 aliphatic carbocycles. The van der Waals surface area contributed by atoms with E-state index in [2.05, 4.69) is 38.1 Å². The number of pyridine rings is 2. The van der Waals surface area contributed by atoms with Gasteiger partial charge in [-0.3, -0.25) is 9.88 Å². The summed E-state index contributed by atoms with van der Waals surface area (Å²) in [5.41, 5.74) is 3.56. The van der Waals surface area contributed by atoms with Crippen LogP contribution in [0.4, 0.5) is 0 Å². The Morgan fingerprint density at radius 1 is 1.29 bits per heavy atom. The summed E-state index contributed by atoms with van der Waals surface area (Å²) >= 11 is 0. The van der Waals surface area contributed by atoms with E-state index in [9.17, 15) is 0 Å². The molecule has 0 saturated carbocycles. The van der Waals surface area contributed by atoms with Crippen LogP contribution in [0.1, 0.15) is 30.0 Å². The van der Waals surface area contributed by atoms with Crippen LogP contribution in [-0.4, -0.2) is 26.4 Å². The molecule has 4 heteroatoms. The predicted octanol–water partition coefficient (Wildman–Crippen LogP) is 3.30. The highest BCUT2D eigenvalue weighted by molar-refractivity contribution is 5.75. The molecule has 1 unspecified atom stereocenters. The first-order valence-electron chi connectivity index (χ1n) is 7.46. The molecule has 1 saturated heterocycles. The first-order chi connectivity index (χ1) is 10.4. The first-order valence-corrected chi connectivity index (χ1v) is 7.46. The van der Waals surface area contributed by atoms with Crippen LogP contribution in [0.5, 0.6) is 0 Å². The zero-order valence-corrected chi connectivity index (χ0v) is 11.9. The van der Waals surface area contributed by atoms with Gasteiger partial charge in [-0.1, -0.05) is 6.07 Å². The molecule has 0 spiro atoms. The molecule has 21 heavy (non-hydrogen) atoms. The third-order valence-corrected chi connectivity index (χ3v) is 4.28. The molecule has 0 bridgehead atoms. The molecule has 1 atom stereocenters. The zero-order chi connectivity index (χ0) is 14.1. The second-order valence-electron chi connectivity index (χ2n) is 5.67. The number of likely N-dealkylation sites (tertiary alicyclic amines) is 1. The van der Waals surface area contributed by atoms with Gasteiger partial charge in [0.15, 0.2) is 0 Å². The molecule has 4 rings (SSSR count). The number of hydrogen-bond acceptors (Lipinski definition) is 3. The van der Waals surface area contributed by atoms with Gasteiger partial charge in [-0.25, -0.2) is 4.98 Å².